The number of likely N-dealkylation sites (N-methyl/N-ethyl adjacent to an activating group) is 1. The lowest BCUT2D eigenvalue weighted by Crippen LogP contribution is -2.44. The van der Waals surface area contributed by atoms with Gasteiger partial charge < -0.3 is 20.1 Å². The number of aromatic amines is 2. The number of nitrogens with zero attached hydrogens (tertiary/aromatic N) is 7. The largest absolute Gasteiger partial charge is 0.366 e. The molecule has 0 bridgehead atoms. The first-order valence-corrected chi connectivity index (χ1v) is 14.0. The third-order valence-electron chi connectivity index (χ3n) is 8.17. The van der Waals surface area contributed by atoms with Crippen LogP contribution in [0.3, 0.4) is 0 Å². The molecule has 1 saturated carbocycles. The van der Waals surface area contributed by atoms with E-state index in [2.05, 4.69) is 52.3 Å². The molecule has 2 fully saturated rings. The number of pyridine rings is 3. The van der Waals surface area contributed by atoms with Gasteiger partial charge in [0.2, 0.25) is 5.91 Å². The number of hydrogen-bond acceptors (Lipinski definition) is 8. The minimum atomic E-state index is 0.0782. The summed E-state index contributed by atoms with van der Waals surface area (Å²) in [5.74, 6) is 0.832. The number of anilines is 2. The predicted octanol–water partition coefficient (Wildman–Crippen LogP) is 4.23. The van der Waals surface area contributed by atoms with Crippen LogP contribution in [0.15, 0.2) is 43.1 Å². The molecule has 5 aromatic heterocycles. The minimum absolute atomic E-state index is 0.0782. The Labute approximate surface area is 231 Å². The molecule has 2 aliphatic rings. The maximum absolute atomic E-state index is 12.8. The van der Waals surface area contributed by atoms with Crippen LogP contribution >= 0.6 is 0 Å². The minimum Gasteiger partial charge on any atom is -0.366 e. The standard InChI is InChI=1S/C29H32N10O/c1-38-7-9-39(10-8-38)25-17-31-15-24-27(25)35-28(34-24)26-21-12-22(32-16-23(21)36-37-26)19-11-20(14-30-13-19)33-29(40)18-5-3-2-4-6-18/h11-18H,2-10H2,1H3,(H,33,40)(H,34,35)(H,36,37). The highest BCUT2D eigenvalue weighted by Crippen LogP contribution is 2.32. The fraction of sp³-hybridized carbons (Fsp3) is 0.379. The van der Waals surface area contributed by atoms with Gasteiger partial charge >= 0.3 is 0 Å². The summed E-state index contributed by atoms with van der Waals surface area (Å²) in [4.78, 5) is 39.4. The summed E-state index contributed by atoms with van der Waals surface area (Å²) in [6, 6.07) is 3.92. The third-order valence-corrected chi connectivity index (χ3v) is 8.17. The van der Waals surface area contributed by atoms with E-state index < -0.39 is 0 Å². The second-order valence-electron chi connectivity index (χ2n) is 10.9. The van der Waals surface area contributed by atoms with Crippen molar-refractivity contribution in [3.8, 4) is 22.8 Å². The topological polar surface area (TPSA) is 132 Å². The number of H-pyrrole nitrogens is 2. The number of hydrogen-bond donors (Lipinski definition) is 3. The van der Waals surface area contributed by atoms with Gasteiger partial charge in [-0.1, -0.05) is 19.3 Å². The molecular weight excluding hydrogens is 504 g/mol. The molecule has 40 heavy (non-hydrogen) atoms. The lowest BCUT2D eigenvalue weighted by molar-refractivity contribution is -0.120. The van der Waals surface area contributed by atoms with Crippen molar-refractivity contribution >= 4 is 39.2 Å². The first-order chi connectivity index (χ1) is 19.6. The Morgan fingerprint density at radius 3 is 2.62 bits per heavy atom. The summed E-state index contributed by atoms with van der Waals surface area (Å²) in [7, 11) is 2.15. The van der Waals surface area contributed by atoms with E-state index >= 15 is 0 Å². The highest BCUT2D eigenvalue weighted by Gasteiger charge is 2.22. The van der Waals surface area contributed by atoms with E-state index in [0.717, 1.165) is 90.7 Å². The fourth-order valence-corrected chi connectivity index (χ4v) is 5.82. The molecule has 1 aliphatic carbocycles. The summed E-state index contributed by atoms with van der Waals surface area (Å²) in [5, 5.41) is 11.6. The Kier molecular flexibility index (Phi) is 6.35. The van der Waals surface area contributed by atoms with E-state index in [1.54, 1.807) is 18.6 Å². The number of carbonyl (C=O) groups is 1. The van der Waals surface area contributed by atoms with Gasteiger partial charge in [-0.25, -0.2) is 4.98 Å². The number of imidazole rings is 1. The maximum atomic E-state index is 12.8. The van der Waals surface area contributed by atoms with Crippen LogP contribution < -0.4 is 10.2 Å². The highest BCUT2D eigenvalue weighted by atomic mass is 16.1. The highest BCUT2D eigenvalue weighted by molar-refractivity contribution is 5.97. The van der Waals surface area contributed by atoms with Crippen LogP contribution in [0, 0.1) is 5.92 Å². The zero-order valence-electron chi connectivity index (χ0n) is 22.5. The van der Waals surface area contributed by atoms with Crippen molar-refractivity contribution in [2.45, 2.75) is 32.1 Å². The number of nitrogens with one attached hydrogen (secondary N) is 3. The van der Waals surface area contributed by atoms with E-state index in [1.807, 2.05) is 24.5 Å². The van der Waals surface area contributed by atoms with Crippen molar-refractivity contribution in [1.29, 1.82) is 0 Å². The van der Waals surface area contributed by atoms with Crippen LogP contribution in [-0.2, 0) is 4.79 Å². The average Bonchev–Trinajstić information content (AvgIpc) is 3.62. The summed E-state index contributed by atoms with van der Waals surface area (Å²) < 4.78 is 0. The Hall–Kier alpha value is -4.38. The second-order valence-corrected chi connectivity index (χ2v) is 10.9. The smallest absolute Gasteiger partial charge is 0.227 e. The van der Waals surface area contributed by atoms with Gasteiger partial charge in [-0.3, -0.25) is 24.8 Å². The van der Waals surface area contributed by atoms with Crippen molar-refractivity contribution in [3.63, 3.8) is 0 Å². The molecule has 6 heterocycles. The van der Waals surface area contributed by atoms with Crippen molar-refractivity contribution < 1.29 is 4.79 Å². The number of fused-ring (bicyclic) bond motifs is 2. The molecule has 1 aliphatic heterocycles. The summed E-state index contributed by atoms with van der Waals surface area (Å²) >= 11 is 0. The van der Waals surface area contributed by atoms with Crippen LogP contribution in [0.2, 0.25) is 0 Å². The first-order valence-electron chi connectivity index (χ1n) is 14.0. The van der Waals surface area contributed by atoms with E-state index in [9.17, 15) is 4.79 Å². The lowest BCUT2D eigenvalue weighted by Gasteiger charge is -2.33. The van der Waals surface area contributed by atoms with Crippen LogP contribution in [-0.4, -0.2) is 79.2 Å². The maximum Gasteiger partial charge on any atom is 0.227 e. The van der Waals surface area contributed by atoms with Gasteiger partial charge in [0.15, 0.2) is 5.82 Å². The molecule has 1 amide bonds. The fourth-order valence-electron chi connectivity index (χ4n) is 5.82. The SMILES string of the molecule is CN1CCN(c2cncc3[nH]c(-c4n[nH]c5cnc(-c6cncc(NC(=O)C7CCCCC7)c6)cc45)nc23)CC1. The third kappa shape index (κ3) is 4.66. The summed E-state index contributed by atoms with van der Waals surface area (Å²) in [6.45, 7) is 3.89. The van der Waals surface area contributed by atoms with Crippen LogP contribution in [0.5, 0.6) is 0 Å². The van der Waals surface area contributed by atoms with Gasteiger partial charge in [0, 0.05) is 49.2 Å². The molecule has 11 heteroatoms. The quantitative estimate of drug-likeness (QED) is 0.304. The molecular formula is C29H32N10O. The van der Waals surface area contributed by atoms with E-state index in [-0.39, 0.29) is 11.8 Å². The van der Waals surface area contributed by atoms with Gasteiger partial charge in [0.1, 0.15) is 11.2 Å². The Morgan fingerprint density at radius 1 is 0.950 bits per heavy atom. The van der Waals surface area contributed by atoms with E-state index in [4.69, 9.17) is 4.98 Å². The van der Waals surface area contributed by atoms with Gasteiger partial charge in [-0.2, -0.15) is 5.10 Å². The molecule has 7 rings (SSSR count). The molecule has 204 valence electrons. The Bertz CT molecular complexity index is 1680. The zero-order chi connectivity index (χ0) is 27.1. The van der Waals surface area contributed by atoms with Crippen LogP contribution in [0.4, 0.5) is 11.4 Å². The van der Waals surface area contributed by atoms with Crippen LogP contribution in [0.1, 0.15) is 32.1 Å². The van der Waals surface area contributed by atoms with Gasteiger partial charge in [0.05, 0.1) is 52.9 Å². The predicted molar refractivity (Wildman–Crippen MR) is 155 cm³/mol. The van der Waals surface area contributed by atoms with Crippen molar-refractivity contribution in [2.24, 2.45) is 5.92 Å². The molecule has 0 aromatic carbocycles. The number of carbonyl (C=O) groups excluding carboxylic acids is 1. The molecule has 5 aromatic rings. The van der Waals surface area contributed by atoms with Crippen molar-refractivity contribution in [1.82, 2.24) is 40.0 Å². The number of aromatic nitrogens is 7. The van der Waals surface area contributed by atoms with Gasteiger partial charge in [-0.15, -0.1) is 0 Å². The Morgan fingerprint density at radius 2 is 1.77 bits per heavy atom. The zero-order valence-corrected chi connectivity index (χ0v) is 22.5. The van der Waals surface area contributed by atoms with E-state index in [1.165, 1.54) is 6.42 Å². The molecule has 0 radical (unpaired) electrons. The number of rotatable bonds is 5. The van der Waals surface area contributed by atoms with E-state index in [0.29, 0.717) is 17.2 Å². The molecule has 1 saturated heterocycles. The van der Waals surface area contributed by atoms with Crippen molar-refractivity contribution in [2.75, 3.05) is 43.4 Å². The Balaban J connectivity index is 1.19. The van der Waals surface area contributed by atoms with Crippen LogP contribution in [0.25, 0.3) is 44.7 Å². The molecule has 0 spiro atoms. The summed E-state index contributed by atoms with van der Waals surface area (Å²) in [6.07, 6.45) is 14.3. The molecule has 0 unspecified atom stereocenters. The average molecular weight is 537 g/mol. The van der Waals surface area contributed by atoms with Gasteiger partial charge in [-0.05, 0) is 32.0 Å². The van der Waals surface area contributed by atoms with Crippen molar-refractivity contribution in [3.05, 3.63) is 43.1 Å². The lowest BCUT2D eigenvalue weighted by atomic mass is 9.88. The summed E-state index contributed by atoms with van der Waals surface area (Å²) in [5.41, 5.74) is 6.58. The van der Waals surface area contributed by atoms with Gasteiger partial charge in [0.25, 0.3) is 0 Å². The number of amides is 1. The number of piperazine rings is 1. The second kappa shape index (κ2) is 10.3. The monoisotopic (exact) mass is 536 g/mol. The molecule has 11 nitrogen and oxygen atoms in total. The first kappa shape index (κ1) is 24.6. The molecule has 3 N–H and O–H groups in total. The normalized spacial score (nSPS) is 17.1. The molecule has 0 atom stereocenters.